The summed E-state index contributed by atoms with van der Waals surface area (Å²) in [4.78, 5) is 65.0. The summed E-state index contributed by atoms with van der Waals surface area (Å²) < 4.78 is 22.5. The van der Waals surface area contributed by atoms with Crippen LogP contribution in [-0.4, -0.2) is 68.7 Å². The van der Waals surface area contributed by atoms with Crippen LogP contribution in [0, 0.1) is 5.92 Å². The number of carbonyl (C=O) groups excluding carboxylic acids is 6. The van der Waals surface area contributed by atoms with E-state index < -0.39 is 35.6 Å². The molecule has 0 fully saturated rings. The summed E-state index contributed by atoms with van der Waals surface area (Å²) in [5.74, 6) is -5.46. The Hall–Kier alpha value is -2.98. The number of hydrogen-bond acceptors (Lipinski definition) is 11. The first-order chi connectivity index (χ1) is 15.6. The molecule has 0 N–H and O–H groups in total. The smallest absolute Gasteiger partial charge is 0.417 e. The van der Waals surface area contributed by atoms with Crippen molar-refractivity contribution in [2.24, 2.45) is 5.92 Å². The molecule has 0 bridgehead atoms. The van der Waals surface area contributed by atoms with E-state index in [0.717, 1.165) is 6.42 Å². The van der Waals surface area contributed by atoms with Gasteiger partial charge in [-0.05, 0) is 47.5 Å². The third-order valence-corrected chi connectivity index (χ3v) is 3.25. The zero-order chi connectivity index (χ0) is 26.2. The second-order valence-corrected chi connectivity index (χ2v) is 5.79. The second-order valence-electron chi connectivity index (χ2n) is 5.79. The van der Waals surface area contributed by atoms with Gasteiger partial charge in [0, 0.05) is 6.42 Å². The van der Waals surface area contributed by atoms with Crippen LogP contribution in [0.4, 0.5) is 0 Å². The highest BCUT2D eigenvalue weighted by Crippen LogP contribution is 2.08. The summed E-state index contributed by atoms with van der Waals surface area (Å²) in [6, 6.07) is 0. The first-order valence-corrected chi connectivity index (χ1v) is 11.0. The number of rotatable bonds is 11. The first-order valence-electron chi connectivity index (χ1n) is 11.0. The molecule has 192 valence electrons. The van der Waals surface area contributed by atoms with Crippen LogP contribution in [0.25, 0.3) is 0 Å². The van der Waals surface area contributed by atoms with Crippen LogP contribution in [-0.2, 0) is 52.5 Å². The molecule has 33 heavy (non-hydrogen) atoms. The summed E-state index contributed by atoms with van der Waals surface area (Å²) in [5.41, 5.74) is 0. The van der Waals surface area contributed by atoms with Gasteiger partial charge in [0.2, 0.25) is 0 Å². The maximum absolute atomic E-state index is 11.4. The molecular formula is C22H38O11. The summed E-state index contributed by atoms with van der Waals surface area (Å²) in [7, 11) is 0. The number of Topliss-reactive ketones (excluding diaryl/α,β-unsaturated/α-hetero) is 1. The Kier molecular flexibility index (Phi) is 24.8. The van der Waals surface area contributed by atoms with Crippen LogP contribution in [0.2, 0.25) is 0 Å². The average Bonchev–Trinajstić information content (AvgIpc) is 2.76. The van der Waals surface area contributed by atoms with Gasteiger partial charge in [0.05, 0.1) is 33.0 Å². The summed E-state index contributed by atoms with van der Waals surface area (Å²) >= 11 is 0. The van der Waals surface area contributed by atoms with Crippen LogP contribution in [0.3, 0.4) is 0 Å². The van der Waals surface area contributed by atoms with Gasteiger partial charge < -0.3 is 23.7 Å². The van der Waals surface area contributed by atoms with E-state index in [1.807, 2.05) is 13.8 Å². The zero-order valence-corrected chi connectivity index (χ0v) is 20.7. The molecule has 1 atom stereocenters. The predicted molar refractivity (Wildman–Crippen MR) is 117 cm³/mol. The number of esters is 5. The van der Waals surface area contributed by atoms with Gasteiger partial charge in [-0.3, -0.25) is 14.4 Å². The van der Waals surface area contributed by atoms with Crippen LogP contribution in [0.5, 0.6) is 0 Å². The third kappa shape index (κ3) is 19.4. The van der Waals surface area contributed by atoms with Gasteiger partial charge in [-0.2, -0.15) is 0 Å². The Morgan fingerprint density at radius 3 is 1.27 bits per heavy atom. The van der Waals surface area contributed by atoms with Crippen molar-refractivity contribution in [2.45, 2.75) is 67.7 Å². The molecule has 0 aliphatic rings. The minimum atomic E-state index is -1.04. The second kappa shape index (κ2) is 23.7. The maximum atomic E-state index is 11.4. The minimum absolute atomic E-state index is 0.0880. The SMILES string of the molecule is CCCC(=O)OCC.CCOC(=O)C(=O)C(CC)C(=O)OCC.CCOC(=O)C(=O)OCC. The van der Waals surface area contributed by atoms with Crippen molar-refractivity contribution in [3.63, 3.8) is 0 Å². The molecular weight excluding hydrogens is 440 g/mol. The molecule has 0 heterocycles. The van der Waals surface area contributed by atoms with Crippen molar-refractivity contribution in [1.82, 2.24) is 0 Å². The van der Waals surface area contributed by atoms with Gasteiger partial charge in [-0.1, -0.05) is 13.8 Å². The predicted octanol–water partition coefficient (Wildman–Crippen LogP) is 2.17. The highest BCUT2D eigenvalue weighted by atomic mass is 16.6. The molecule has 0 saturated carbocycles. The van der Waals surface area contributed by atoms with Crippen molar-refractivity contribution >= 4 is 35.6 Å². The zero-order valence-electron chi connectivity index (χ0n) is 20.7. The van der Waals surface area contributed by atoms with Crippen molar-refractivity contribution in [2.75, 3.05) is 33.0 Å². The standard InChI is InChI=1S/C10H16O5.C6H10O4.C6H12O2/c1-4-7(9(12)14-5-2)8(11)10(13)15-6-3;1-3-9-5(7)6(8)10-4-2;1-3-5-6(7)8-4-2/h7H,4-6H2,1-3H3;3-4H2,1-2H3;3-5H2,1-2H3. The minimum Gasteiger partial charge on any atom is -0.466 e. The molecule has 0 amide bonds. The molecule has 0 aromatic heterocycles. The molecule has 0 radical (unpaired) electrons. The first kappa shape index (κ1) is 34.6. The fraction of sp³-hybridized carbons (Fsp3) is 0.727. The average molecular weight is 479 g/mol. The highest BCUT2D eigenvalue weighted by Gasteiger charge is 2.32. The molecule has 11 heteroatoms. The van der Waals surface area contributed by atoms with Crippen LogP contribution in [0.15, 0.2) is 0 Å². The van der Waals surface area contributed by atoms with Gasteiger partial charge in [0.1, 0.15) is 5.92 Å². The Morgan fingerprint density at radius 2 is 0.939 bits per heavy atom. The molecule has 0 aliphatic heterocycles. The molecule has 1 unspecified atom stereocenters. The fourth-order valence-electron chi connectivity index (χ4n) is 1.86. The van der Waals surface area contributed by atoms with Crippen LogP contribution < -0.4 is 0 Å². The van der Waals surface area contributed by atoms with Crippen molar-refractivity contribution in [1.29, 1.82) is 0 Å². The lowest BCUT2D eigenvalue weighted by atomic mass is 10.0. The number of ketones is 1. The monoisotopic (exact) mass is 478 g/mol. The van der Waals surface area contributed by atoms with E-state index in [4.69, 9.17) is 0 Å². The van der Waals surface area contributed by atoms with Gasteiger partial charge in [0.25, 0.3) is 5.78 Å². The summed E-state index contributed by atoms with van der Waals surface area (Å²) in [6.45, 7) is 13.1. The van der Waals surface area contributed by atoms with E-state index >= 15 is 0 Å². The molecule has 0 spiro atoms. The van der Waals surface area contributed by atoms with Gasteiger partial charge in [-0.15, -0.1) is 0 Å². The van der Waals surface area contributed by atoms with E-state index in [1.54, 1.807) is 34.6 Å². The summed E-state index contributed by atoms with van der Waals surface area (Å²) in [5, 5.41) is 0. The van der Waals surface area contributed by atoms with Crippen LogP contribution in [0.1, 0.15) is 67.7 Å². The number of ether oxygens (including phenoxy) is 5. The van der Waals surface area contributed by atoms with Crippen LogP contribution >= 0.6 is 0 Å². The van der Waals surface area contributed by atoms with E-state index in [2.05, 4.69) is 23.7 Å². The molecule has 0 rings (SSSR count). The van der Waals surface area contributed by atoms with E-state index in [-0.39, 0.29) is 38.8 Å². The normalized spacial score (nSPS) is 10.0. The fourth-order valence-corrected chi connectivity index (χ4v) is 1.86. The molecule has 0 aliphatic carbocycles. The Labute approximate surface area is 195 Å². The van der Waals surface area contributed by atoms with E-state index in [0.29, 0.717) is 13.0 Å². The van der Waals surface area contributed by atoms with E-state index in [1.165, 1.54) is 0 Å². The topological polar surface area (TPSA) is 149 Å². The lowest BCUT2D eigenvalue weighted by Crippen LogP contribution is -2.32. The Balaban J connectivity index is -0.000000435. The number of hydrogen-bond donors (Lipinski definition) is 0. The lowest BCUT2D eigenvalue weighted by Gasteiger charge is -2.10. The third-order valence-electron chi connectivity index (χ3n) is 3.25. The molecule has 0 aromatic rings. The Morgan fingerprint density at radius 1 is 0.545 bits per heavy atom. The summed E-state index contributed by atoms with van der Waals surface area (Å²) in [6.07, 6.45) is 1.66. The van der Waals surface area contributed by atoms with E-state index in [9.17, 15) is 28.8 Å². The molecule has 0 aromatic carbocycles. The van der Waals surface area contributed by atoms with Crippen molar-refractivity contribution in [3.05, 3.63) is 0 Å². The largest absolute Gasteiger partial charge is 0.466 e. The molecule has 11 nitrogen and oxygen atoms in total. The van der Waals surface area contributed by atoms with Gasteiger partial charge in [-0.25, -0.2) is 14.4 Å². The molecule has 0 saturated heterocycles. The van der Waals surface area contributed by atoms with Gasteiger partial charge >= 0.3 is 29.8 Å². The Bertz CT molecular complexity index is 575. The maximum Gasteiger partial charge on any atom is 0.417 e. The highest BCUT2D eigenvalue weighted by molar-refractivity contribution is 6.37. The van der Waals surface area contributed by atoms with Crippen molar-refractivity contribution < 1.29 is 52.5 Å². The number of carbonyl (C=O) groups is 6. The van der Waals surface area contributed by atoms with Crippen molar-refractivity contribution in [3.8, 4) is 0 Å². The quantitative estimate of drug-likeness (QED) is 0.186. The lowest BCUT2D eigenvalue weighted by molar-refractivity contribution is -0.167. The van der Waals surface area contributed by atoms with Gasteiger partial charge in [0.15, 0.2) is 0 Å².